The van der Waals surface area contributed by atoms with Crippen LogP contribution in [-0.4, -0.2) is 33.4 Å². The maximum atomic E-state index is 5.57. The molecule has 0 fully saturated rings. The van der Waals surface area contributed by atoms with Gasteiger partial charge < -0.3 is 48.3 Å². The Balaban J connectivity index is 0.000000156. The minimum atomic E-state index is 0. The van der Waals surface area contributed by atoms with Crippen LogP contribution in [0.5, 0.6) is 23.0 Å². The Morgan fingerprint density at radius 2 is 0.410 bits per heavy atom. The van der Waals surface area contributed by atoms with Gasteiger partial charge in [-0.1, -0.05) is 337 Å². The first kappa shape index (κ1) is 100. The lowest BCUT2D eigenvalue weighted by Crippen LogP contribution is -2.13. The lowest BCUT2D eigenvalue weighted by molar-refractivity contribution is 0.414. The van der Waals surface area contributed by atoms with Crippen molar-refractivity contribution in [2.45, 2.75) is 22.3 Å². The standard InChI is InChI=1S/C54H39BrN2.C39H28BrN3.C34H31BrN2O4.3CH4/c55-48-37-53(56(49-17-9-3-10-18-49)51-33-29-46(30-34-51)44-25-21-42(22-26-44)40-13-5-1-6-14-40)39-54(38-48)57(50-19-11-4-12-20-50)52-35-31-47(32-36-52)45-27-23-43(24-28-45)41-15-7-2-8-16-41;40-29-26-33(42(30-14-4-1-5-15-30)31-16-6-2-7-17-31)28-34(27-29)43(32-18-8-3-9-19-32)39-24-23-36(38-22-12-13-25-41-38)35-20-10-11-21-37(35)39;1-38-31-14-8-25(9-15-31)36(26-10-16-32(39-2)17-11-26)29-20-24(35)21-30(22-29)37(27-12-18-33(40-3)19-13-27)28-6-5-7-34(23-28)41-4;;;/h1-39H;1-28H;5-23H,1-4H3;3*1H4. The Kier molecular flexibility index (Phi) is 33.4. The van der Waals surface area contributed by atoms with Crippen molar-refractivity contribution < 1.29 is 18.9 Å². The van der Waals surface area contributed by atoms with Crippen molar-refractivity contribution in [3.05, 3.63) is 535 Å². The zero-order valence-corrected chi connectivity index (χ0v) is 82.8. The van der Waals surface area contributed by atoms with Crippen LogP contribution < -0.4 is 48.3 Å². The monoisotopic (exact) mass is 2070 g/mol. The minimum Gasteiger partial charge on any atom is -0.497 e. The van der Waals surface area contributed by atoms with Gasteiger partial charge >= 0.3 is 0 Å². The highest BCUT2D eigenvalue weighted by atomic mass is 79.9. The summed E-state index contributed by atoms with van der Waals surface area (Å²) >= 11 is 11.6. The van der Waals surface area contributed by atoms with E-state index >= 15 is 0 Å². The quantitative estimate of drug-likeness (QED) is 0.0494. The lowest BCUT2D eigenvalue weighted by Gasteiger charge is -2.30. The number of anilines is 18. The Morgan fingerprint density at radius 3 is 0.708 bits per heavy atom. The number of halogens is 3. The van der Waals surface area contributed by atoms with E-state index in [-0.39, 0.29) is 22.3 Å². The van der Waals surface area contributed by atoms with Gasteiger partial charge in [-0.25, -0.2) is 0 Å². The predicted octanol–water partition coefficient (Wildman–Crippen LogP) is 39.0. The molecule has 11 nitrogen and oxygen atoms in total. The van der Waals surface area contributed by atoms with Crippen molar-refractivity contribution in [1.29, 1.82) is 0 Å². The predicted molar refractivity (Wildman–Crippen MR) is 619 cm³/mol. The molecule has 0 N–H and O–H groups in total. The second-order valence-electron chi connectivity index (χ2n) is 33.4. The molecule has 14 heteroatoms. The fourth-order valence-corrected chi connectivity index (χ4v) is 19.2. The molecule has 21 rings (SSSR count). The second kappa shape index (κ2) is 47.9. The van der Waals surface area contributed by atoms with E-state index in [2.05, 4.69) is 495 Å². The summed E-state index contributed by atoms with van der Waals surface area (Å²) in [5.41, 5.74) is 30.3. The maximum Gasteiger partial charge on any atom is 0.120 e. The summed E-state index contributed by atoms with van der Waals surface area (Å²) in [6.07, 6.45) is 1.85. The van der Waals surface area contributed by atoms with Gasteiger partial charge in [0.2, 0.25) is 0 Å². The van der Waals surface area contributed by atoms with E-state index in [1.165, 1.54) is 44.5 Å². The Bertz CT molecular complexity index is 7420. The van der Waals surface area contributed by atoms with Crippen LogP contribution in [0.3, 0.4) is 0 Å². The van der Waals surface area contributed by atoms with Crippen LogP contribution in [0.4, 0.5) is 102 Å². The number of pyridine rings is 1. The molecule has 0 spiro atoms. The van der Waals surface area contributed by atoms with Gasteiger partial charge in [0.05, 0.1) is 39.8 Å². The minimum absolute atomic E-state index is 0. The van der Waals surface area contributed by atoms with Crippen LogP contribution in [0.15, 0.2) is 535 Å². The molecular formula is C130H110Br3N7O4. The average molecular weight is 2070 g/mol. The molecule has 1 heterocycles. The summed E-state index contributed by atoms with van der Waals surface area (Å²) in [5.74, 6) is 3.15. The van der Waals surface area contributed by atoms with Crippen LogP contribution in [-0.2, 0) is 0 Å². The average Bonchev–Trinajstić information content (AvgIpc) is 0.752. The van der Waals surface area contributed by atoms with Crippen molar-refractivity contribution in [3.63, 3.8) is 0 Å². The van der Waals surface area contributed by atoms with Crippen LogP contribution in [0.1, 0.15) is 22.3 Å². The zero-order valence-electron chi connectivity index (χ0n) is 78.0. The summed E-state index contributed by atoms with van der Waals surface area (Å²) in [6.45, 7) is 0. The molecule has 144 heavy (non-hydrogen) atoms. The number of ether oxygens (including phenoxy) is 4. The number of fused-ring (bicyclic) bond motifs is 1. The number of hydrogen-bond donors (Lipinski definition) is 0. The maximum absolute atomic E-state index is 5.57. The summed E-state index contributed by atoms with van der Waals surface area (Å²) < 4.78 is 24.8. The van der Waals surface area contributed by atoms with Crippen molar-refractivity contribution in [2.75, 3.05) is 57.8 Å². The lowest BCUT2D eigenvalue weighted by atomic mass is 9.99. The summed E-state index contributed by atoms with van der Waals surface area (Å²) in [5, 5.41) is 2.31. The number of benzene rings is 20. The van der Waals surface area contributed by atoms with Crippen molar-refractivity contribution in [1.82, 2.24) is 4.98 Å². The molecule has 21 aromatic rings. The summed E-state index contributed by atoms with van der Waals surface area (Å²) in [6, 6.07) is 180. The highest BCUT2D eigenvalue weighted by molar-refractivity contribution is 9.11. The van der Waals surface area contributed by atoms with Crippen LogP contribution >= 0.6 is 47.8 Å². The highest BCUT2D eigenvalue weighted by Gasteiger charge is 2.26. The first-order valence-electron chi connectivity index (χ1n) is 46.4. The summed E-state index contributed by atoms with van der Waals surface area (Å²) in [7, 11) is 6.68. The molecule has 20 aromatic carbocycles. The van der Waals surface area contributed by atoms with Gasteiger partial charge in [0, 0.05) is 133 Å². The number of aromatic nitrogens is 1. The Hall–Kier alpha value is -16.8. The van der Waals surface area contributed by atoms with Gasteiger partial charge in [0.25, 0.3) is 0 Å². The molecule has 710 valence electrons. The summed E-state index contributed by atoms with van der Waals surface area (Å²) in [4.78, 5) is 18.3. The molecule has 0 saturated heterocycles. The van der Waals surface area contributed by atoms with Gasteiger partial charge in [-0.15, -0.1) is 0 Å². The first-order chi connectivity index (χ1) is 69.4. The number of para-hydroxylation sites is 5. The second-order valence-corrected chi connectivity index (χ2v) is 36.1. The fourth-order valence-electron chi connectivity index (χ4n) is 17.7. The third-order valence-electron chi connectivity index (χ3n) is 24.5. The third kappa shape index (κ3) is 23.4. The van der Waals surface area contributed by atoms with E-state index in [9.17, 15) is 0 Å². The molecule has 0 amide bonds. The molecule has 0 bridgehead atoms. The number of methoxy groups -OCH3 is 4. The van der Waals surface area contributed by atoms with Gasteiger partial charge in [0.1, 0.15) is 23.0 Å². The zero-order chi connectivity index (χ0) is 96.2. The van der Waals surface area contributed by atoms with Crippen LogP contribution in [0, 0.1) is 0 Å². The molecule has 0 aliphatic heterocycles. The van der Waals surface area contributed by atoms with Crippen LogP contribution in [0.25, 0.3) is 66.5 Å². The van der Waals surface area contributed by atoms with E-state index in [1.807, 2.05) is 109 Å². The van der Waals surface area contributed by atoms with Crippen molar-refractivity contribution in [2.24, 2.45) is 0 Å². The van der Waals surface area contributed by atoms with Gasteiger partial charge in [-0.2, -0.15) is 0 Å². The molecule has 0 atom stereocenters. The third-order valence-corrected chi connectivity index (χ3v) is 25.9. The molecule has 0 saturated carbocycles. The fraction of sp³-hybridized carbons (Fsp3) is 0.0538. The SMILES string of the molecule is Brc1cc(N(c2ccccc2)c2ccc(-c3ccc(-c4ccccc4)cc3)cc2)cc(N(c2ccccc2)c2ccc(-c3ccc(-c4ccccc4)cc3)cc2)c1.Brc1cc(N(c2ccccc2)c2ccccc2)cc(N(c2ccccc2)c2ccc(-c3ccccn3)c3ccccc23)c1.C.C.C.COc1ccc(N(c2ccc(OC)cc2)c2cc(Br)cc(N(c3ccc(OC)cc3)c3cccc(OC)c3)c2)cc1. The van der Waals surface area contributed by atoms with E-state index in [0.717, 1.165) is 161 Å². The molecular weight excluding hydrogens is 1960 g/mol. The van der Waals surface area contributed by atoms with E-state index < -0.39 is 0 Å². The van der Waals surface area contributed by atoms with E-state index in [4.69, 9.17) is 18.9 Å². The number of rotatable bonds is 27. The molecule has 0 unspecified atom stereocenters. The van der Waals surface area contributed by atoms with E-state index in [1.54, 1.807) is 28.4 Å². The number of hydrogen-bond acceptors (Lipinski definition) is 11. The molecule has 0 aliphatic rings. The largest absolute Gasteiger partial charge is 0.497 e. The first-order valence-corrected chi connectivity index (χ1v) is 48.8. The van der Waals surface area contributed by atoms with Gasteiger partial charge in [-0.05, 0) is 293 Å². The normalized spacial score (nSPS) is 10.6. The van der Waals surface area contributed by atoms with Crippen molar-refractivity contribution >= 4 is 161 Å². The van der Waals surface area contributed by atoms with Crippen molar-refractivity contribution in [3.8, 4) is 78.8 Å². The topological polar surface area (TPSA) is 69.2 Å². The molecule has 0 radical (unpaired) electrons. The van der Waals surface area contributed by atoms with Gasteiger partial charge in [-0.3, -0.25) is 4.98 Å². The molecule has 1 aromatic heterocycles. The Morgan fingerprint density at radius 1 is 0.174 bits per heavy atom. The number of nitrogens with zero attached hydrogens (tertiary/aromatic N) is 7. The van der Waals surface area contributed by atoms with E-state index in [0.29, 0.717) is 0 Å². The Labute approximate surface area is 872 Å². The van der Waals surface area contributed by atoms with Gasteiger partial charge in [0.15, 0.2) is 0 Å². The molecule has 0 aliphatic carbocycles. The highest BCUT2D eigenvalue weighted by Crippen LogP contribution is 2.50. The van der Waals surface area contributed by atoms with Crippen LogP contribution in [0.2, 0.25) is 0 Å². The smallest absolute Gasteiger partial charge is 0.120 e.